The van der Waals surface area contributed by atoms with Crippen LogP contribution in [0.1, 0.15) is 26.7 Å². The second kappa shape index (κ2) is 5.19. The SMILES string of the molecule is CC(C)ONC(=O)[C@@H]1CCCNC1. The molecule has 0 bridgehead atoms. The van der Waals surface area contributed by atoms with Crippen LogP contribution in [-0.4, -0.2) is 25.1 Å². The van der Waals surface area contributed by atoms with Crippen LogP contribution in [0.5, 0.6) is 0 Å². The Labute approximate surface area is 79.0 Å². The number of hydrogen-bond acceptors (Lipinski definition) is 3. The van der Waals surface area contributed by atoms with Gasteiger partial charge in [0.05, 0.1) is 12.0 Å². The van der Waals surface area contributed by atoms with Gasteiger partial charge in [-0.2, -0.15) is 0 Å². The van der Waals surface area contributed by atoms with Crippen molar-refractivity contribution < 1.29 is 9.63 Å². The van der Waals surface area contributed by atoms with E-state index >= 15 is 0 Å². The van der Waals surface area contributed by atoms with Crippen molar-refractivity contribution in [3.05, 3.63) is 0 Å². The standard InChI is InChI=1S/C9H18N2O2/c1-7(2)13-11-9(12)8-4-3-5-10-6-8/h7-8,10H,3-6H2,1-2H3,(H,11,12)/t8-/m1/s1. The molecular formula is C9H18N2O2. The highest BCUT2D eigenvalue weighted by atomic mass is 16.7. The molecule has 1 aliphatic rings. The number of carbonyl (C=O) groups excluding carboxylic acids is 1. The van der Waals surface area contributed by atoms with Crippen LogP contribution in [0, 0.1) is 5.92 Å². The van der Waals surface area contributed by atoms with Gasteiger partial charge in [-0.3, -0.25) is 9.63 Å². The Morgan fingerprint density at radius 3 is 2.92 bits per heavy atom. The minimum atomic E-state index is 0.000833. The van der Waals surface area contributed by atoms with Gasteiger partial charge < -0.3 is 5.32 Å². The lowest BCUT2D eigenvalue weighted by molar-refractivity contribution is -0.141. The highest BCUT2D eigenvalue weighted by Crippen LogP contribution is 2.09. The van der Waals surface area contributed by atoms with E-state index < -0.39 is 0 Å². The van der Waals surface area contributed by atoms with Crippen LogP contribution in [0.25, 0.3) is 0 Å². The molecule has 1 heterocycles. The lowest BCUT2D eigenvalue weighted by atomic mass is 9.99. The van der Waals surface area contributed by atoms with Crippen molar-refractivity contribution in [1.82, 2.24) is 10.8 Å². The van der Waals surface area contributed by atoms with Crippen LogP contribution in [-0.2, 0) is 9.63 Å². The number of nitrogens with one attached hydrogen (secondary N) is 2. The maximum atomic E-state index is 11.4. The van der Waals surface area contributed by atoms with Gasteiger partial charge in [0.2, 0.25) is 5.91 Å². The lowest BCUT2D eigenvalue weighted by Crippen LogP contribution is -2.41. The zero-order valence-corrected chi connectivity index (χ0v) is 8.30. The Balaban J connectivity index is 2.21. The fourth-order valence-corrected chi connectivity index (χ4v) is 1.33. The van der Waals surface area contributed by atoms with E-state index in [4.69, 9.17) is 4.84 Å². The summed E-state index contributed by atoms with van der Waals surface area (Å²) in [5, 5.41) is 3.19. The van der Waals surface area contributed by atoms with Gasteiger partial charge in [0.15, 0.2) is 0 Å². The van der Waals surface area contributed by atoms with Crippen molar-refractivity contribution in [3.63, 3.8) is 0 Å². The smallest absolute Gasteiger partial charge is 0.247 e. The Morgan fingerprint density at radius 1 is 1.62 bits per heavy atom. The normalized spacial score (nSPS) is 23.2. The largest absolute Gasteiger partial charge is 0.316 e. The second-order valence-corrected chi connectivity index (χ2v) is 3.68. The van der Waals surface area contributed by atoms with Crippen molar-refractivity contribution in [2.24, 2.45) is 5.92 Å². The molecule has 0 spiro atoms. The Hall–Kier alpha value is -0.610. The summed E-state index contributed by atoms with van der Waals surface area (Å²) in [5.41, 5.74) is 2.47. The molecular weight excluding hydrogens is 168 g/mol. The monoisotopic (exact) mass is 186 g/mol. The third kappa shape index (κ3) is 3.74. The Kier molecular flexibility index (Phi) is 4.18. The third-order valence-electron chi connectivity index (χ3n) is 2.06. The number of amides is 1. The molecule has 0 unspecified atom stereocenters. The van der Waals surface area contributed by atoms with Crippen molar-refractivity contribution in [3.8, 4) is 0 Å². The zero-order valence-electron chi connectivity index (χ0n) is 8.30. The average molecular weight is 186 g/mol. The lowest BCUT2D eigenvalue weighted by Gasteiger charge is -2.22. The van der Waals surface area contributed by atoms with E-state index in [1.807, 2.05) is 13.8 Å². The predicted molar refractivity (Wildman–Crippen MR) is 50.0 cm³/mol. The molecule has 0 radical (unpaired) electrons. The molecule has 13 heavy (non-hydrogen) atoms. The summed E-state index contributed by atoms with van der Waals surface area (Å²) in [6, 6.07) is 0. The first kappa shape index (κ1) is 10.5. The predicted octanol–water partition coefficient (Wildman–Crippen LogP) is 0.442. The zero-order chi connectivity index (χ0) is 9.68. The van der Waals surface area contributed by atoms with Crippen LogP contribution >= 0.6 is 0 Å². The van der Waals surface area contributed by atoms with Crippen LogP contribution in [0.15, 0.2) is 0 Å². The highest BCUT2D eigenvalue weighted by molar-refractivity contribution is 5.77. The summed E-state index contributed by atoms with van der Waals surface area (Å²) in [5.74, 6) is 0.0772. The van der Waals surface area contributed by atoms with Crippen LogP contribution in [0.2, 0.25) is 0 Å². The van der Waals surface area contributed by atoms with E-state index in [9.17, 15) is 4.79 Å². The summed E-state index contributed by atoms with van der Waals surface area (Å²) in [6.07, 6.45) is 2.07. The van der Waals surface area contributed by atoms with Crippen molar-refractivity contribution in [2.75, 3.05) is 13.1 Å². The van der Waals surface area contributed by atoms with Gasteiger partial charge >= 0.3 is 0 Å². The molecule has 4 nitrogen and oxygen atoms in total. The van der Waals surface area contributed by atoms with Gasteiger partial charge in [-0.05, 0) is 33.2 Å². The van der Waals surface area contributed by atoms with Gasteiger partial charge in [0.1, 0.15) is 0 Å². The maximum Gasteiger partial charge on any atom is 0.247 e. The van der Waals surface area contributed by atoms with E-state index in [-0.39, 0.29) is 17.9 Å². The average Bonchev–Trinajstić information content (AvgIpc) is 2.15. The Bertz CT molecular complexity index is 165. The van der Waals surface area contributed by atoms with Gasteiger partial charge in [-0.15, -0.1) is 0 Å². The molecule has 76 valence electrons. The summed E-state index contributed by atoms with van der Waals surface area (Å²) >= 11 is 0. The van der Waals surface area contributed by atoms with E-state index in [1.54, 1.807) is 0 Å². The quantitative estimate of drug-likeness (QED) is 0.629. The van der Waals surface area contributed by atoms with E-state index in [0.29, 0.717) is 0 Å². The van der Waals surface area contributed by atoms with Crippen LogP contribution in [0.4, 0.5) is 0 Å². The number of carbonyl (C=O) groups is 1. The molecule has 1 saturated heterocycles. The second-order valence-electron chi connectivity index (χ2n) is 3.68. The molecule has 2 N–H and O–H groups in total. The number of hydroxylamine groups is 1. The summed E-state index contributed by atoms with van der Waals surface area (Å²) in [7, 11) is 0. The number of hydrogen-bond donors (Lipinski definition) is 2. The third-order valence-corrected chi connectivity index (χ3v) is 2.06. The first-order valence-corrected chi connectivity index (χ1v) is 4.86. The molecule has 1 amide bonds. The summed E-state index contributed by atoms with van der Waals surface area (Å²) in [6.45, 7) is 5.57. The topological polar surface area (TPSA) is 50.4 Å². The Morgan fingerprint density at radius 2 is 2.38 bits per heavy atom. The summed E-state index contributed by atoms with van der Waals surface area (Å²) in [4.78, 5) is 16.5. The number of rotatable bonds is 3. The molecule has 1 fully saturated rings. The van der Waals surface area contributed by atoms with Crippen LogP contribution < -0.4 is 10.8 Å². The minimum Gasteiger partial charge on any atom is -0.316 e. The van der Waals surface area contributed by atoms with Crippen molar-refractivity contribution in [1.29, 1.82) is 0 Å². The molecule has 0 aromatic carbocycles. The molecule has 1 rings (SSSR count). The highest BCUT2D eigenvalue weighted by Gasteiger charge is 2.20. The van der Waals surface area contributed by atoms with Gasteiger partial charge in [-0.25, -0.2) is 5.48 Å². The van der Waals surface area contributed by atoms with Crippen molar-refractivity contribution >= 4 is 5.91 Å². The van der Waals surface area contributed by atoms with Crippen molar-refractivity contribution in [2.45, 2.75) is 32.8 Å². The molecule has 0 aromatic rings. The molecule has 0 aromatic heterocycles. The number of piperidine rings is 1. The first-order chi connectivity index (χ1) is 6.20. The molecule has 1 atom stereocenters. The fourth-order valence-electron chi connectivity index (χ4n) is 1.33. The molecule has 4 heteroatoms. The van der Waals surface area contributed by atoms with Crippen LogP contribution in [0.3, 0.4) is 0 Å². The van der Waals surface area contributed by atoms with E-state index in [1.165, 1.54) is 0 Å². The van der Waals surface area contributed by atoms with Gasteiger partial charge in [0, 0.05) is 6.54 Å². The molecule has 1 aliphatic heterocycles. The molecule has 0 aliphatic carbocycles. The fraction of sp³-hybridized carbons (Fsp3) is 0.889. The summed E-state index contributed by atoms with van der Waals surface area (Å²) < 4.78 is 0. The van der Waals surface area contributed by atoms with Gasteiger partial charge in [0.25, 0.3) is 0 Å². The first-order valence-electron chi connectivity index (χ1n) is 4.86. The van der Waals surface area contributed by atoms with Gasteiger partial charge in [-0.1, -0.05) is 0 Å². The van der Waals surface area contributed by atoms with E-state index in [0.717, 1.165) is 25.9 Å². The maximum absolute atomic E-state index is 11.4. The molecule has 0 saturated carbocycles. The minimum absolute atomic E-state index is 0.000833. The van der Waals surface area contributed by atoms with E-state index in [2.05, 4.69) is 10.8 Å².